The third-order valence-corrected chi connectivity index (χ3v) is 3.65. The van der Waals surface area contributed by atoms with Crippen molar-refractivity contribution in [3.63, 3.8) is 0 Å². The van der Waals surface area contributed by atoms with Crippen molar-refractivity contribution in [1.29, 1.82) is 0 Å². The van der Waals surface area contributed by atoms with Crippen molar-refractivity contribution >= 4 is 0 Å². The molecule has 0 spiro atoms. The summed E-state index contributed by atoms with van der Waals surface area (Å²) in [6.45, 7) is 2.28. The minimum absolute atomic E-state index is 0.286. The summed E-state index contributed by atoms with van der Waals surface area (Å²) in [5.74, 6) is 0.456. The van der Waals surface area contributed by atoms with Crippen molar-refractivity contribution < 1.29 is 14.2 Å². The molecule has 1 aliphatic rings. The normalized spacial score (nSPS) is 16.6. The van der Waals surface area contributed by atoms with E-state index in [0.29, 0.717) is 12.2 Å². The van der Waals surface area contributed by atoms with E-state index in [1.165, 1.54) is 6.07 Å². The molecule has 1 atom stereocenters. The van der Waals surface area contributed by atoms with Crippen LogP contribution in [0.5, 0.6) is 5.75 Å². The maximum Gasteiger partial charge on any atom is 0.129 e. The molecule has 19 heavy (non-hydrogen) atoms. The minimum atomic E-state index is -1.34. The van der Waals surface area contributed by atoms with Crippen LogP contribution in [0.2, 0.25) is 0 Å². The van der Waals surface area contributed by atoms with Gasteiger partial charge in [-0.2, -0.15) is 0 Å². The maximum absolute atomic E-state index is 13.9. The molecule has 0 aliphatic carbocycles. The van der Waals surface area contributed by atoms with Crippen molar-refractivity contribution in [1.82, 2.24) is 0 Å². The van der Waals surface area contributed by atoms with E-state index >= 15 is 0 Å². The molecule has 0 fully saturated rings. The molecule has 2 nitrogen and oxygen atoms in total. The van der Waals surface area contributed by atoms with Gasteiger partial charge in [0.1, 0.15) is 17.2 Å². The summed E-state index contributed by atoms with van der Waals surface area (Å²) in [6.07, 6.45) is 0.830. The largest absolute Gasteiger partial charge is 0.493 e. The Balaban J connectivity index is 2.07. The number of hydrogen-bond acceptors (Lipinski definition) is 2. The molecule has 2 aromatic rings. The summed E-state index contributed by atoms with van der Waals surface area (Å²) >= 11 is 0. The molecule has 0 saturated heterocycles. The average molecular weight is 258 g/mol. The lowest BCUT2D eigenvalue weighted by Gasteiger charge is -2.25. The molecule has 1 aliphatic heterocycles. The fraction of sp³-hybridized carbons (Fsp3) is 0.250. The highest BCUT2D eigenvalue weighted by atomic mass is 19.1. The van der Waals surface area contributed by atoms with Crippen LogP contribution in [-0.2, 0) is 12.0 Å². The van der Waals surface area contributed by atoms with Gasteiger partial charge in [-0.1, -0.05) is 24.3 Å². The van der Waals surface area contributed by atoms with Crippen molar-refractivity contribution in [2.45, 2.75) is 18.9 Å². The predicted octanol–water partition coefficient (Wildman–Crippen LogP) is 3.02. The zero-order valence-corrected chi connectivity index (χ0v) is 10.7. The Labute approximate surface area is 111 Å². The Morgan fingerprint density at radius 2 is 2.00 bits per heavy atom. The van der Waals surface area contributed by atoms with E-state index in [4.69, 9.17) is 4.74 Å². The van der Waals surface area contributed by atoms with Gasteiger partial charge < -0.3 is 9.84 Å². The first-order valence-corrected chi connectivity index (χ1v) is 6.32. The lowest BCUT2D eigenvalue weighted by Crippen LogP contribution is -2.24. The van der Waals surface area contributed by atoms with E-state index in [1.807, 2.05) is 12.1 Å². The highest BCUT2D eigenvalue weighted by molar-refractivity contribution is 5.45. The van der Waals surface area contributed by atoms with Crippen LogP contribution < -0.4 is 4.74 Å². The van der Waals surface area contributed by atoms with Crippen LogP contribution in [0.25, 0.3) is 0 Å². The Morgan fingerprint density at radius 1 is 1.21 bits per heavy atom. The third-order valence-electron chi connectivity index (χ3n) is 3.65. The quantitative estimate of drug-likeness (QED) is 0.897. The number of halogens is 1. The lowest BCUT2D eigenvalue weighted by atomic mass is 9.87. The molecule has 0 saturated carbocycles. The fourth-order valence-corrected chi connectivity index (χ4v) is 2.50. The number of aliphatic hydroxyl groups is 1. The third kappa shape index (κ3) is 2.00. The molecule has 1 heterocycles. The molecule has 98 valence electrons. The number of fused-ring (bicyclic) bond motifs is 1. The summed E-state index contributed by atoms with van der Waals surface area (Å²) in [6, 6.07) is 11.8. The summed E-state index contributed by atoms with van der Waals surface area (Å²) in [5.41, 5.74) is 0.688. The molecule has 3 rings (SSSR count). The molecule has 2 aromatic carbocycles. The van der Waals surface area contributed by atoms with Crippen LogP contribution in [0, 0.1) is 5.82 Å². The van der Waals surface area contributed by atoms with Gasteiger partial charge in [-0.15, -0.1) is 0 Å². The van der Waals surface area contributed by atoms with E-state index < -0.39 is 11.4 Å². The Bertz CT molecular complexity index is 620. The van der Waals surface area contributed by atoms with Crippen molar-refractivity contribution in [3.05, 3.63) is 65.0 Å². The van der Waals surface area contributed by atoms with E-state index in [2.05, 4.69) is 0 Å². The van der Waals surface area contributed by atoms with Gasteiger partial charge in [0.05, 0.1) is 6.61 Å². The second-order valence-electron chi connectivity index (χ2n) is 4.97. The smallest absolute Gasteiger partial charge is 0.129 e. The molecule has 0 bridgehead atoms. The van der Waals surface area contributed by atoms with Crippen LogP contribution in [0.15, 0.2) is 42.5 Å². The predicted molar refractivity (Wildman–Crippen MR) is 70.7 cm³/mol. The molecular weight excluding hydrogens is 243 g/mol. The topological polar surface area (TPSA) is 29.5 Å². The molecule has 0 radical (unpaired) electrons. The first kappa shape index (κ1) is 12.2. The van der Waals surface area contributed by atoms with Gasteiger partial charge in [0, 0.05) is 12.0 Å². The van der Waals surface area contributed by atoms with Gasteiger partial charge in [0.15, 0.2) is 0 Å². The Hall–Kier alpha value is -1.87. The van der Waals surface area contributed by atoms with Crippen molar-refractivity contribution in [2.75, 3.05) is 6.61 Å². The van der Waals surface area contributed by atoms with E-state index in [0.717, 1.165) is 17.7 Å². The van der Waals surface area contributed by atoms with Gasteiger partial charge in [-0.05, 0) is 36.2 Å². The van der Waals surface area contributed by atoms with Crippen molar-refractivity contribution in [3.8, 4) is 5.75 Å². The highest BCUT2D eigenvalue weighted by Gasteiger charge is 2.29. The second-order valence-corrected chi connectivity index (χ2v) is 4.97. The number of ether oxygens (including phenoxy) is 1. The zero-order valence-electron chi connectivity index (χ0n) is 10.7. The first-order chi connectivity index (χ1) is 9.09. The molecule has 0 aromatic heterocycles. The molecule has 0 amide bonds. The average Bonchev–Trinajstić information content (AvgIpc) is 2.86. The van der Waals surface area contributed by atoms with Gasteiger partial charge in [-0.3, -0.25) is 0 Å². The minimum Gasteiger partial charge on any atom is -0.493 e. The molecule has 3 heteroatoms. The summed E-state index contributed by atoms with van der Waals surface area (Å²) in [5, 5.41) is 10.7. The summed E-state index contributed by atoms with van der Waals surface area (Å²) < 4.78 is 19.3. The van der Waals surface area contributed by atoms with E-state index in [1.54, 1.807) is 31.2 Å². The van der Waals surface area contributed by atoms with Crippen LogP contribution in [-0.4, -0.2) is 11.7 Å². The lowest BCUT2D eigenvalue weighted by molar-refractivity contribution is 0.0979. The SMILES string of the molecule is CC(O)(c1ccc2c(c1)CCO2)c1ccccc1F. The maximum atomic E-state index is 13.9. The van der Waals surface area contributed by atoms with Crippen LogP contribution in [0.1, 0.15) is 23.6 Å². The van der Waals surface area contributed by atoms with Gasteiger partial charge in [0.25, 0.3) is 0 Å². The van der Waals surface area contributed by atoms with Gasteiger partial charge >= 0.3 is 0 Å². The van der Waals surface area contributed by atoms with Gasteiger partial charge in [-0.25, -0.2) is 4.39 Å². The Kier molecular flexibility index (Phi) is 2.79. The van der Waals surface area contributed by atoms with Gasteiger partial charge in [0.2, 0.25) is 0 Å². The first-order valence-electron chi connectivity index (χ1n) is 6.32. The highest BCUT2D eigenvalue weighted by Crippen LogP contribution is 2.35. The molecule has 1 unspecified atom stereocenters. The van der Waals surface area contributed by atoms with E-state index in [9.17, 15) is 9.50 Å². The fourth-order valence-electron chi connectivity index (χ4n) is 2.50. The van der Waals surface area contributed by atoms with Crippen LogP contribution in [0.3, 0.4) is 0 Å². The molecule has 1 N–H and O–H groups in total. The monoisotopic (exact) mass is 258 g/mol. The summed E-state index contributed by atoms with van der Waals surface area (Å²) in [7, 11) is 0. The second kappa shape index (κ2) is 4.35. The number of hydrogen-bond donors (Lipinski definition) is 1. The van der Waals surface area contributed by atoms with E-state index in [-0.39, 0.29) is 5.56 Å². The number of benzene rings is 2. The zero-order chi connectivity index (χ0) is 13.5. The summed E-state index contributed by atoms with van der Waals surface area (Å²) in [4.78, 5) is 0. The Morgan fingerprint density at radius 3 is 2.79 bits per heavy atom. The molecular formula is C16H15FO2. The standard InChI is InChI=1S/C16H15FO2/c1-16(18,13-4-2-3-5-14(13)17)12-6-7-15-11(10-12)8-9-19-15/h2-7,10,18H,8-9H2,1H3. The van der Waals surface area contributed by atoms with Crippen LogP contribution >= 0.6 is 0 Å². The van der Waals surface area contributed by atoms with Crippen molar-refractivity contribution in [2.24, 2.45) is 0 Å². The number of rotatable bonds is 2. The van der Waals surface area contributed by atoms with Crippen LogP contribution in [0.4, 0.5) is 4.39 Å².